The van der Waals surface area contributed by atoms with Crippen LogP contribution in [0.25, 0.3) is 0 Å². The molecule has 5 nitrogen and oxygen atoms in total. The van der Waals surface area contributed by atoms with Crippen molar-refractivity contribution in [2.24, 2.45) is 7.05 Å². The summed E-state index contributed by atoms with van der Waals surface area (Å²) < 4.78 is 1.73. The number of hydrogen-bond acceptors (Lipinski definition) is 3. The van der Waals surface area contributed by atoms with Gasteiger partial charge in [-0.05, 0) is 20.8 Å². The molecule has 0 spiro atoms. The number of carboxylic acids is 1. The second-order valence-corrected chi connectivity index (χ2v) is 3.79. The van der Waals surface area contributed by atoms with Crippen LogP contribution in [0.5, 0.6) is 0 Å². The number of hydrogen-bond donors (Lipinski definition) is 2. The molecule has 2 N–H and O–H groups in total. The maximum Gasteiger partial charge on any atom is 0.320 e. The number of rotatable bonds is 4. The summed E-state index contributed by atoms with van der Waals surface area (Å²) >= 11 is 0. The number of carbonyl (C=O) groups is 1. The molecule has 0 saturated heterocycles. The van der Waals surface area contributed by atoms with E-state index in [-0.39, 0.29) is 6.04 Å². The first-order valence-corrected chi connectivity index (χ1v) is 4.90. The normalized spacial score (nSPS) is 14.9. The lowest BCUT2D eigenvalue weighted by atomic mass is 10.1. The maximum atomic E-state index is 10.7. The van der Waals surface area contributed by atoms with Crippen molar-refractivity contribution in [3.05, 3.63) is 17.5 Å². The molecule has 0 fully saturated rings. The molecule has 0 radical (unpaired) electrons. The number of aryl methyl sites for hydroxylation is 2. The van der Waals surface area contributed by atoms with Crippen molar-refractivity contribution in [2.75, 3.05) is 0 Å². The van der Waals surface area contributed by atoms with Crippen molar-refractivity contribution in [3.8, 4) is 0 Å². The van der Waals surface area contributed by atoms with Gasteiger partial charge in [-0.1, -0.05) is 0 Å². The van der Waals surface area contributed by atoms with Crippen LogP contribution < -0.4 is 5.32 Å². The molecule has 0 aliphatic heterocycles. The van der Waals surface area contributed by atoms with Crippen LogP contribution in [-0.4, -0.2) is 26.9 Å². The third-order valence-electron chi connectivity index (χ3n) is 2.39. The van der Waals surface area contributed by atoms with Gasteiger partial charge in [0, 0.05) is 24.8 Å². The molecule has 1 aromatic rings. The summed E-state index contributed by atoms with van der Waals surface area (Å²) in [5.74, 6) is -0.844. The highest BCUT2D eigenvalue weighted by atomic mass is 16.4. The van der Waals surface area contributed by atoms with Gasteiger partial charge in [0.1, 0.15) is 6.04 Å². The monoisotopic (exact) mass is 211 g/mol. The Morgan fingerprint density at radius 1 is 1.60 bits per heavy atom. The van der Waals surface area contributed by atoms with Crippen LogP contribution in [0.2, 0.25) is 0 Å². The van der Waals surface area contributed by atoms with E-state index in [0.717, 1.165) is 11.3 Å². The summed E-state index contributed by atoms with van der Waals surface area (Å²) in [6, 6.07) is -0.565. The van der Waals surface area contributed by atoms with Gasteiger partial charge in [-0.2, -0.15) is 5.10 Å². The van der Waals surface area contributed by atoms with Crippen LogP contribution in [-0.2, 0) is 11.8 Å². The van der Waals surface area contributed by atoms with Crippen molar-refractivity contribution in [2.45, 2.75) is 32.9 Å². The number of aliphatic carboxylic acids is 1. The van der Waals surface area contributed by atoms with Gasteiger partial charge in [0.15, 0.2) is 0 Å². The molecule has 0 aromatic carbocycles. The van der Waals surface area contributed by atoms with Crippen molar-refractivity contribution >= 4 is 5.97 Å². The first kappa shape index (κ1) is 11.7. The van der Waals surface area contributed by atoms with Crippen LogP contribution in [0.1, 0.15) is 31.1 Å². The Kier molecular flexibility index (Phi) is 3.47. The average molecular weight is 211 g/mol. The van der Waals surface area contributed by atoms with Gasteiger partial charge in [0.05, 0.1) is 5.69 Å². The third kappa shape index (κ3) is 2.79. The lowest BCUT2D eigenvalue weighted by Gasteiger charge is -2.16. The number of nitrogens with one attached hydrogen (secondary N) is 1. The zero-order valence-electron chi connectivity index (χ0n) is 9.48. The third-order valence-corrected chi connectivity index (χ3v) is 2.39. The zero-order valence-corrected chi connectivity index (χ0v) is 9.48. The lowest BCUT2D eigenvalue weighted by molar-refractivity contribution is -0.139. The van der Waals surface area contributed by atoms with Crippen molar-refractivity contribution in [1.82, 2.24) is 15.1 Å². The van der Waals surface area contributed by atoms with Crippen LogP contribution in [0.3, 0.4) is 0 Å². The fraction of sp³-hybridized carbons (Fsp3) is 0.600. The minimum atomic E-state index is -0.844. The minimum Gasteiger partial charge on any atom is -0.480 e. The molecule has 1 aromatic heterocycles. The van der Waals surface area contributed by atoms with E-state index in [4.69, 9.17) is 5.11 Å². The molecule has 2 atom stereocenters. The van der Waals surface area contributed by atoms with E-state index in [1.807, 2.05) is 27.1 Å². The Labute approximate surface area is 89.1 Å². The predicted molar refractivity (Wildman–Crippen MR) is 56.6 cm³/mol. The Morgan fingerprint density at radius 2 is 2.20 bits per heavy atom. The standard InChI is InChI=1S/C10H17N3O2/c1-6(11-8(3)10(14)15)9-5-13(4)12-7(9)2/h5-6,8,11H,1-4H3,(H,14,15). The van der Waals surface area contributed by atoms with E-state index in [1.165, 1.54) is 0 Å². The second kappa shape index (κ2) is 4.44. The average Bonchev–Trinajstić information content (AvgIpc) is 2.44. The van der Waals surface area contributed by atoms with Gasteiger partial charge >= 0.3 is 5.97 Å². The Balaban J connectivity index is 2.72. The fourth-order valence-electron chi connectivity index (χ4n) is 1.58. The van der Waals surface area contributed by atoms with Crippen LogP contribution in [0, 0.1) is 6.92 Å². The van der Waals surface area contributed by atoms with Gasteiger partial charge in [0.25, 0.3) is 0 Å². The summed E-state index contributed by atoms with van der Waals surface area (Å²) in [6.07, 6.45) is 1.90. The topological polar surface area (TPSA) is 67.2 Å². The molecule has 84 valence electrons. The highest BCUT2D eigenvalue weighted by molar-refractivity contribution is 5.72. The van der Waals surface area contributed by atoms with Gasteiger partial charge in [-0.25, -0.2) is 0 Å². The summed E-state index contributed by atoms with van der Waals surface area (Å²) in [6.45, 7) is 5.48. The summed E-state index contributed by atoms with van der Waals surface area (Å²) in [5.41, 5.74) is 1.96. The molecular formula is C10H17N3O2. The molecule has 0 aliphatic rings. The van der Waals surface area contributed by atoms with E-state index in [2.05, 4.69) is 10.4 Å². The summed E-state index contributed by atoms with van der Waals surface area (Å²) in [5, 5.41) is 16.0. The number of nitrogens with zero attached hydrogens (tertiary/aromatic N) is 2. The molecule has 1 heterocycles. The largest absolute Gasteiger partial charge is 0.480 e. The molecule has 1 rings (SSSR count). The smallest absolute Gasteiger partial charge is 0.320 e. The minimum absolute atomic E-state index is 0.00944. The quantitative estimate of drug-likeness (QED) is 0.775. The summed E-state index contributed by atoms with van der Waals surface area (Å²) in [7, 11) is 1.85. The van der Waals surface area contributed by atoms with Gasteiger partial charge in [-0.3, -0.25) is 14.8 Å². The molecule has 5 heteroatoms. The Hall–Kier alpha value is -1.36. The van der Waals surface area contributed by atoms with Crippen molar-refractivity contribution < 1.29 is 9.90 Å². The van der Waals surface area contributed by atoms with Gasteiger partial charge in [0.2, 0.25) is 0 Å². The highest BCUT2D eigenvalue weighted by Gasteiger charge is 2.17. The van der Waals surface area contributed by atoms with E-state index in [0.29, 0.717) is 0 Å². The maximum absolute atomic E-state index is 10.7. The van der Waals surface area contributed by atoms with E-state index < -0.39 is 12.0 Å². The molecule has 0 aliphatic carbocycles. The molecule has 0 bridgehead atoms. The van der Waals surface area contributed by atoms with Crippen LogP contribution in [0.4, 0.5) is 0 Å². The van der Waals surface area contributed by atoms with Gasteiger partial charge < -0.3 is 5.11 Å². The zero-order chi connectivity index (χ0) is 11.6. The van der Waals surface area contributed by atoms with E-state index in [9.17, 15) is 4.79 Å². The molecule has 0 saturated carbocycles. The van der Waals surface area contributed by atoms with Crippen molar-refractivity contribution in [3.63, 3.8) is 0 Å². The number of carboxylic acid groups (broad SMARTS) is 1. The Bertz CT molecular complexity index is 360. The highest BCUT2D eigenvalue weighted by Crippen LogP contribution is 2.15. The predicted octanol–water partition coefficient (Wildman–Crippen LogP) is 0.852. The fourth-order valence-corrected chi connectivity index (χ4v) is 1.58. The van der Waals surface area contributed by atoms with E-state index in [1.54, 1.807) is 11.6 Å². The summed E-state index contributed by atoms with van der Waals surface area (Å²) in [4.78, 5) is 10.7. The van der Waals surface area contributed by atoms with Crippen LogP contribution >= 0.6 is 0 Å². The first-order chi connectivity index (χ1) is 6.91. The Morgan fingerprint density at radius 3 is 2.60 bits per heavy atom. The second-order valence-electron chi connectivity index (χ2n) is 3.79. The SMILES string of the molecule is Cc1nn(C)cc1C(C)NC(C)C(=O)O. The van der Waals surface area contributed by atoms with Crippen LogP contribution in [0.15, 0.2) is 6.20 Å². The van der Waals surface area contributed by atoms with Crippen molar-refractivity contribution in [1.29, 1.82) is 0 Å². The lowest BCUT2D eigenvalue weighted by Crippen LogP contribution is -2.35. The molecule has 0 amide bonds. The molecule has 2 unspecified atom stereocenters. The van der Waals surface area contributed by atoms with Gasteiger partial charge in [-0.15, -0.1) is 0 Å². The van der Waals surface area contributed by atoms with E-state index >= 15 is 0 Å². The molecule has 15 heavy (non-hydrogen) atoms. The molecular weight excluding hydrogens is 194 g/mol. The number of aromatic nitrogens is 2. The first-order valence-electron chi connectivity index (χ1n) is 4.90.